The number of nitrogens with zero attached hydrogens (tertiary/aromatic N) is 1. The molecular weight excluding hydrogens is 240 g/mol. The van der Waals surface area contributed by atoms with E-state index in [-0.39, 0.29) is 5.54 Å². The van der Waals surface area contributed by atoms with Crippen LogP contribution in [0.1, 0.15) is 53.9 Å². The molecule has 0 aliphatic heterocycles. The Kier molecular flexibility index (Phi) is 9.36. The maximum Gasteiger partial charge on any atom is 0.0220 e. The van der Waals surface area contributed by atoms with Gasteiger partial charge in [-0.05, 0) is 59.6 Å². The molecule has 0 fully saturated rings. The Bertz CT molecular complexity index is 201. The SMILES string of the molecule is CCCC(CNC(C)(C)C)N(C)C(C)CCSC. The molecule has 2 atom stereocenters. The molecule has 0 amide bonds. The fourth-order valence-electron chi connectivity index (χ4n) is 2.06. The van der Waals surface area contributed by atoms with Crippen molar-refractivity contribution in [2.24, 2.45) is 0 Å². The first kappa shape index (κ1) is 18.3. The Morgan fingerprint density at radius 1 is 1.22 bits per heavy atom. The van der Waals surface area contributed by atoms with E-state index >= 15 is 0 Å². The van der Waals surface area contributed by atoms with Gasteiger partial charge in [-0.3, -0.25) is 4.90 Å². The van der Waals surface area contributed by atoms with Gasteiger partial charge in [0.1, 0.15) is 0 Å². The highest BCUT2D eigenvalue weighted by Gasteiger charge is 2.20. The molecule has 0 spiro atoms. The number of thioether (sulfide) groups is 1. The molecule has 0 aromatic heterocycles. The lowest BCUT2D eigenvalue weighted by molar-refractivity contribution is 0.159. The predicted molar refractivity (Wildman–Crippen MR) is 86.7 cm³/mol. The Morgan fingerprint density at radius 3 is 2.28 bits per heavy atom. The molecule has 2 unspecified atom stereocenters. The first-order valence-corrected chi connectivity index (χ1v) is 8.67. The summed E-state index contributed by atoms with van der Waals surface area (Å²) in [5, 5.41) is 3.65. The van der Waals surface area contributed by atoms with Gasteiger partial charge >= 0.3 is 0 Å². The summed E-state index contributed by atoms with van der Waals surface area (Å²) in [5.41, 5.74) is 0.218. The van der Waals surface area contributed by atoms with E-state index < -0.39 is 0 Å². The van der Waals surface area contributed by atoms with Gasteiger partial charge in [-0.1, -0.05) is 13.3 Å². The van der Waals surface area contributed by atoms with Crippen molar-refractivity contribution in [1.29, 1.82) is 0 Å². The Hall–Kier alpha value is 0.270. The average molecular weight is 275 g/mol. The number of nitrogens with one attached hydrogen (secondary N) is 1. The van der Waals surface area contributed by atoms with Gasteiger partial charge < -0.3 is 5.32 Å². The summed E-state index contributed by atoms with van der Waals surface area (Å²) in [4.78, 5) is 2.57. The molecule has 110 valence electrons. The largest absolute Gasteiger partial charge is 0.311 e. The molecule has 3 heteroatoms. The molecule has 0 aromatic rings. The van der Waals surface area contributed by atoms with Crippen molar-refractivity contribution in [3.8, 4) is 0 Å². The summed E-state index contributed by atoms with van der Waals surface area (Å²) in [5.74, 6) is 1.26. The highest BCUT2D eigenvalue weighted by molar-refractivity contribution is 7.98. The molecule has 0 bridgehead atoms. The van der Waals surface area contributed by atoms with E-state index in [1.54, 1.807) is 0 Å². The summed E-state index contributed by atoms with van der Waals surface area (Å²) in [7, 11) is 2.29. The second-order valence-corrected chi connectivity index (χ2v) is 7.35. The maximum atomic E-state index is 3.65. The van der Waals surface area contributed by atoms with Crippen LogP contribution in [0.15, 0.2) is 0 Å². The van der Waals surface area contributed by atoms with Gasteiger partial charge in [-0.2, -0.15) is 11.8 Å². The van der Waals surface area contributed by atoms with Crippen LogP contribution < -0.4 is 5.32 Å². The summed E-state index contributed by atoms with van der Waals surface area (Å²) >= 11 is 1.95. The molecule has 1 N–H and O–H groups in total. The van der Waals surface area contributed by atoms with Crippen LogP contribution in [0.5, 0.6) is 0 Å². The van der Waals surface area contributed by atoms with Gasteiger partial charge in [-0.15, -0.1) is 0 Å². The summed E-state index contributed by atoms with van der Waals surface area (Å²) in [6.07, 6.45) is 6.02. The summed E-state index contributed by atoms with van der Waals surface area (Å²) in [6.45, 7) is 12.5. The smallest absolute Gasteiger partial charge is 0.0220 e. The zero-order valence-electron chi connectivity index (χ0n) is 13.5. The highest BCUT2D eigenvalue weighted by atomic mass is 32.2. The van der Waals surface area contributed by atoms with E-state index in [0.29, 0.717) is 12.1 Å². The fraction of sp³-hybridized carbons (Fsp3) is 1.00. The zero-order chi connectivity index (χ0) is 14.2. The van der Waals surface area contributed by atoms with E-state index in [1.165, 1.54) is 25.0 Å². The van der Waals surface area contributed by atoms with Gasteiger partial charge in [0.15, 0.2) is 0 Å². The minimum Gasteiger partial charge on any atom is -0.311 e. The minimum atomic E-state index is 0.218. The third-order valence-corrected chi connectivity index (χ3v) is 4.14. The lowest BCUT2D eigenvalue weighted by atomic mass is 10.0. The molecule has 0 aliphatic carbocycles. The average Bonchev–Trinajstić information content (AvgIpc) is 2.29. The van der Waals surface area contributed by atoms with Gasteiger partial charge in [0.25, 0.3) is 0 Å². The van der Waals surface area contributed by atoms with Crippen molar-refractivity contribution < 1.29 is 0 Å². The molecule has 18 heavy (non-hydrogen) atoms. The van der Waals surface area contributed by atoms with Crippen LogP contribution in [-0.2, 0) is 0 Å². The summed E-state index contributed by atoms with van der Waals surface area (Å²) in [6, 6.07) is 1.34. The molecule has 0 saturated heterocycles. The molecule has 0 radical (unpaired) electrons. The molecule has 0 aliphatic rings. The molecule has 0 saturated carbocycles. The van der Waals surface area contributed by atoms with Crippen molar-refractivity contribution in [1.82, 2.24) is 10.2 Å². The van der Waals surface area contributed by atoms with E-state index in [2.05, 4.69) is 58.1 Å². The Labute approximate surface area is 119 Å². The molecule has 0 aromatic carbocycles. The maximum absolute atomic E-state index is 3.65. The molecule has 0 rings (SSSR count). The topological polar surface area (TPSA) is 15.3 Å². The van der Waals surface area contributed by atoms with Gasteiger partial charge in [0.05, 0.1) is 0 Å². The van der Waals surface area contributed by atoms with E-state index in [4.69, 9.17) is 0 Å². The molecular formula is C15H34N2S. The third kappa shape index (κ3) is 8.39. The lowest BCUT2D eigenvalue weighted by Crippen LogP contribution is -2.49. The van der Waals surface area contributed by atoms with Crippen LogP contribution in [-0.4, -0.2) is 48.1 Å². The van der Waals surface area contributed by atoms with Crippen LogP contribution in [0.25, 0.3) is 0 Å². The van der Waals surface area contributed by atoms with Crippen molar-refractivity contribution >= 4 is 11.8 Å². The van der Waals surface area contributed by atoms with Gasteiger partial charge in [0.2, 0.25) is 0 Å². The third-order valence-electron chi connectivity index (χ3n) is 3.50. The van der Waals surface area contributed by atoms with Crippen LogP contribution >= 0.6 is 11.8 Å². The van der Waals surface area contributed by atoms with Crippen molar-refractivity contribution in [3.63, 3.8) is 0 Å². The number of hydrogen-bond donors (Lipinski definition) is 1. The quantitative estimate of drug-likeness (QED) is 0.691. The van der Waals surface area contributed by atoms with Gasteiger partial charge in [-0.25, -0.2) is 0 Å². The number of hydrogen-bond acceptors (Lipinski definition) is 3. The fourth-order valence-corrected chi connectivity index (χ4v) is 2.64. The minimum absolute atomic E-state index is 0.218. The highest BCUT2D eigenvalue weighted by Crippen LogP contribution is 2.13. The first-order valence-electron chi connectivity index (χ1n) is 7.27. The second kappa shape index (κ2) is 9.22. The van der Waals surface area contributed by atoms with Crippen LogP contribution in [0.4, 0.5) is 0 Å². The molecule has 0 heterocycles. The Morgan fingerprint density at radius 2 is 1.83 bits per heavy atom. The zero-order valence-corrected chi connectivity index (χ0v) is 14.4. The van der Waals surface area contributed by atoms with Crippen molar-refractivity contribution in [3.05, 3.63) is 0 Å². The van der Waals surface area contributed by atoms with Crippen molar-refractivity contribution in [2.75, 3.05) is 25.6 Å². The lowest BCUT2D eigenvalue weighted by Gasteiger charge is -2.35. The number of likely N-dealkylation sites (N-methyl/N-ethyl adjacent to an activating group) is 1. The van der Waals surface area contributed by atoms with Crippen LogP contribution in [0, 0.1) is 0 Å². The normalized spacial score (nSPS) is 16.0. The standard InChI is InChI=1S/C15H34N2S/c1-8-9-14(12-16-15(3,4)5)17(6)13(2)10-11-18-7/h13-14,16H,8-12H2,1-7H3. The monoisotopic (exact) mass is 274 g/mol. The predicted octanol–water partition coefficient (Wildman–Crippen LogP) is 3.62. The van der Waals surface area contributed by atoms with E-state index in [9.17, 15) is 0 Å². The Balaban J connectivity index is 4.29. The van der Waals surface area contributed by atoms with Crippen LogP contribution in [0.2, 0.25) is 0 Å². The second-order valence-electron chi connectivity index (χ2n) is 6.37. The molecule has 2 nitrogen and oxygen atoms in total. The van der Waals surface area contributed by atoms with Crippen LogP contribution in [0.3, 0.4) is 0 Å². The van der Waals surface area contributed by atoms with E-state index in [0.717, 1.165) is 6.54 Å². The first-order chi connectivity index (χ1) is 8.31. The van der Waals surface area contributed by atoms with E-state index in [1.807, 2.05) is 11.8 Å². The number of rotatable bonds is 9. The van der Waals surface area contributed by atoms with Crippen molar-refractivity contribution in [2.45, 2.75) is 71.5 Å². The summed E-state index contributed by atoms with van der Waals surface area (Å²) < 4.78 is 0. The van der Waals surface area contributed by atoms with Gasteiger partial charge in [0, 0.05) is 24.2 Å².